The molecule has 9 rings (SSSR count). The van der Waals surface area contributed by atoms with Gasteiger partial charge in [0.1, 0.15) is 5.75 Å². The van der Waals surface area contributed by atoms with Crippen LogP contribution in [0.25, 0.3) is 21.5 Å². The van der Waals surface area contributed by atoms with Crippen molar-refractivity contribution in [2.45, 2.75) is 11.8 Å². The van der Waals surface area contributed by atoms with Crippen LogP contribution in [0.4, 0.5) is 5.69 Å². The number of hydrogen-bond acceptors (Lipinski definition) is 3. The van der Waals surface area contributed by atoms with E-state index in [-0.39, 0.29) is 23.7 Å². The molecule has 1 fully saturated rings. The average molecular weight is 482 g/mol. The Balaban J connectivity index is 1.41. The molecular weight excluding hydrogens is 458 g/mol. The second-order valence-electron chi connectivity index (χ2n) is 10.3. The molecule has 0 radical (unpaired) electrons. The van der Waals surface area contributed by atoms with Crippen LogP contribution in [0.3, 0.4) is 0 Å². The number of hydrogen-bond donors (Lipinski definition) is 0. The molecule has 0 unspecified atom stereocenters. The fraction of sp³-hybridized carbons (Fsp3) is 0.152. The maximum atomic E-state index is 14.2. The highest BCUT2D eigenvalue weighted by atomic mass is 16.5. The first kappa shape index (κ1) is 20.7. The van der Waals surface area contributed by atoms with Crippen molar-refractivity contribution in [2.75, 3.05) is 12.0 Å². The Kier molecular flexibility index (Phi) is 4.09. The zero-order valence-electron chi connectivity index (χ0n) is 20.2. The molecule has 0 aromatic heterocycles. The minimum absolute atomic E-state index is 0.132. The summed E-state index contributed by atoms with van der Waals surface area (Å²) in [5.74, 6) is -0.967. The summed E-state index contributed by atoms with van der Waals surface area (Å²) in [5.41, 5.74) is 5.23. The number of nitrogens with zero attached hydrogens (tertiary/aromatic N) is 1. The molecule has 4 heteroatoms. The van der Waals surface area contributed by atoms with E-state index in [0.717, 1.165) is 21.5 Å². The number of benzene rings is 5. The van der Waals surface area contributed by atoms with Gasteiger partial charge in [-0.1, -0.05) is 84.9 Å². The van der Waals surface area contributed by atoms with E-state index < -0.39 is 11.8 Å². The number of carbonyl (C=O) groups is 2. The first-order valence-electron chi connectivity index (χ1n) is 12.7. The lowest BCUT2D eigenvalue weighted by Crippen LogP contribution is -2.41. The lowest BCUT2D eigenvalue weighted by molar-refractivity contribution is -0.122. The molecule has 1 aliphatic heterocycles. The molecule has 0 saturated carbocycles. The Hall–Kier alpha value is -4.44. The third-order valence-corrected chi connectivity index (χ3v) is 8.69. The van der Waals surface area contributed by atoms with Crippen LogP contribution in [0.15, 0.2) is 97.1 Å². The Labute approximate surface area is 214 Å². The topological polar surface area (TPSA) is 46.6 Å². The molecule has 1 saturated heterocycles. The fourth-order valence-electron chi connectivity index (χ4n) is 7.20. The fourth-order valence-corrected chi connectivity index (χ4v) is 7.20. The van der Waals surface area contributed by atoms with Crippen molar-refractivity contribution >= 4 is 39.0 Å². The smallest absolute Gasteiger partial charge is 0.238 e. The van der Waals surface area contributed by atoms with Gasteiger partial charge in [0.05, 0.1) is 24.6 Å². The van der Waals surface area contributed by atoms with Crippen molar-refractivity contribution in [3.8, 4) is 5.75 Å². The zero-order chi connectivity index (χ0) is 24.8. The van der Waals surface area contributed by atoms with Crippen molar-refractivity contribution in [3.63, 3.8) is 0 Å². The number of anilines is 1. The van der Waals surface area contributed by atoms with Crippen LogP contribution < -0.4 is 9.64 Å². The van der Waals surface area contributed by atoms with Crippen molar-refractivity contribution < 1.29 is 14.3 Å². The molecule has 4 nitrogen and oxygen atoms in total. The number of methoxy groups -OCH3 is 1. The number of amides is 2. The van der Waals surface area contributed by atoms with Gasteiger partial charge in [-0.15, -0.1) is 0 Å². The van der Waals surface area contributed by atoms with Crippen LogP contribution in [-0.2, 0) is 9.59 Å². The highest BCUT2D eigenvalue weighted by molar-refractivity contribution is 6.24. The minimum Gasteiger partial charge on any atom is -0.495 e. The van der Waals surface area contributed by atoms with Gasteiger partial charge in [0.15, 0.2) is 0 Å². The normalized spacial score (nSPS) is 23.3. The number of imide groups is 1. The van der Waals surface area contributed by atoms with Gasteiger partial charge in [-0.05, 0) is 55.9 Å². The summed E-state index contributed by atoms with van der Waals surface area (Å²) in [6.07, 6.45) is 0. The van der Waals surface area contributed by atoms with E-state index in [9.17, 15) is 9.59 Å². The SMILES string of the molecule is COc1ccccc1N1C(=O)[C@@H]2C3c4cc5ccccc5cc4C(c4cc5ccccc5cc43)[C@@H]2C1=O. The van der Waals surface area contributed by atoms with E-state index in [1.165, 1.54) is 27.2 Å². The lowest BCUT2D eigenvalue weighted by atomic mass is 9.54. The van der Waals surface area contributed by atoms with E-state index in [1.54, 1.807) is 19.2 Å². The third-order valence-electron chi connectivity index (χ3n) is 8.69. The van der Waals surface area contributed by atoms with E-state index in [1.807, 2.05) is 36.4 Å². The number of carbonyl (C=O) groups excluding carboxylic acids is 2. The Bertz CT molecular complexity index is 1610. The van der Waals surface area contributed by atoms with Gasteiger partial charge < -0.3 is 4.74 Å². The minimum atomic E-state index is -0.440. The molecule has 1 heterocycles. The summed E-state index contributed by atoms with van der Waals surface area (Å²) in [5, 5.41) is 4.63. The van der Waals surface area contributed by atoms with Crippen LogP contribution >= 0.6 is 0 Å². The quantitative estimate of drug-likeness (QED) is 0.274. The number of ether oxygens (including phenoxy) is 1. The van der Waals surface area contributed by atoms with E-state index >= 15 is 0 Å². The van der Waals surface area contributed by atoms with Gasteiger partial charge in [0.2, 0.25) is 11.8 Å². The van der Waals surface area contributed by atoms with Gasteiger partial charge in [0, 0.05) is 11.8 Å². The summed E-state index contributed by atoms with van der Waals surface area (Å²) < 4.78 is 5.56. The lowest BCUT2D eigenvalue weighted by Gasteiger charge is -2.46. The largest absolute Gasteiger partial charge is 0.495 e. The number of para-hydroxylation sites is 2. The monoisotopic (exact) mass is 481 g/mol. The van der Waals surface area contributed by atoms with Crippen LogP contribution in [0.2, 0.25) is 0 Å². The Morgan fingerprint density at radius 1 is 0.568 bits per heavy atom. The van der Waals surface area contributed by atoms with Crippen LogP contribution in [0, 0.1) is 11.8 Å². The maximum absolute atomic E-state index is 14.2. The summed E-state index contributed by atoms with van der Waals surface area (Å²) in [4.78, 5) is 29.8. The molecule has 3 aliphatic carbocycles. The molecule has 2 atom stereocenters. The van der Waals surface area contributed by atoms with Crippen LogP contribution in [-0.4, -0.2) is 18.9 Å². The zero-order valence-corrected chi connectivity index (χ0v) is 20.2. The number of fused-ring (bicyclic) bond motifs is 2. The molecule has 4 aliphatic rings. The van der Waals surface area contributed by atoms with E-state index in [4.69, 9.17) is 4.74 Å². The van der Waals surface area contributed by atoms with Crippen molar-refractivity contribution in [1.29, 1.82) is 0 Å². The van der Waals surface area contributed by atoms with Gasteiger partial charge in [0.25, 0.3) is 0 Å². The highest BCUT2D eigenvalue weighted by Crippen LogP contribution is 2.62. The van der Waals surface area contributed by atoms with Crippen molar-refractivity contribution in [1.82, 2.24) is 0 Å². The average Bonchev–Trinajstić information content (AvgIpc) is 3.20. The molecule has 0 N–H and O–H groups in total. The van der Waals surface area contributed by atoms with Gasteiger partial charge in [-0.3, -0.25) is 9.59 Å². The molecule has 2 bridgehead atoms. The predicted molar refractivity (Wildman–Crippen MR) is 144 cm³/mol. The van der Waals surface area contributed by atoms with E-state index in [0.29, 0.717) is 11.4 Å². The molecule has 178 valence electrons. The first-order valence-corrected chi connectivity index (χ1v) is 12.7. The molecule has 5 aromatic carbocycles. The summed E-state index contributed by atoms with van der Waals surface area (Å²) in [7, 11) is 1.57. The Morgan fingerprint density at radius 2 is 0.946 bits per heavy atom. The maximum Gasteiger partial charge on any atom is 0.238 e. The summed E-state index contributed by atoms with van der Waals surface area (Å²) in [6.45, 7) is 0. The third kappa shape index (κ3) is 2.62. The van der Waals surface area contributed by atoms with Crippen LogP contribution in [0.5, 0.6) is 5.75 Å². The Morgan fingerprint density at radius 3 is 1.35 bits per heavy atom. The van der Waals surface area contributed by atoms with Gasteiger partial charge in [-0.2, -0.15) is 0 Å². The van der Waals surface area contributed by atoms with Crippen LogP contribution in [0.1, 0.15) is 34.1 Å². The summed E-state index contributed by atoms with van der Waals surface area (Å²) in [6, 6.07) is 33.0. The van der Waals surface area contributed by atoms with Crippen molar-refractivity contribution in [3.05, 3.63) is 119 Å². The molecular formula is C33H23NO3. The predicted octanol–water partition coefficient (Wildman–Crippen LogP) is 6.40. The van der Waals surface area contributed by atoms with Gasteiger partial charge >= 0.3 is 0 Å². The van der Waals surface area contributed by atoms with Gasteiger partial charge in [-0.25, -0.2) is 4.90 Å². The summed E-state index contributed by atoms with van der Waals surface area (Å²) >= 11 is 0. The molecule has 0 spiro atoms. The highest BCUT2D eigenvalue weighted by Gasteiger charge is 2.62. The second kappa shape index (κ2) is 7.30. The van der Waals surface area contributed by atoms with Crippen molar-refractivity contribution in [2.24, 2.45) is 11.8 Å². The second-order valence-corrected chi connectivity index (χ2v) is 10.3. The van der Waals surface area contributed by atoms with E-state index in [2.05, 4.69) is 48.5 Å². The molecule has 37 heavy (non-hydrogen) atoms. The molecule has 2 amide bonds. The first-order chi connectivity index (χ1) is 18.2. The standard InChI is InChI=1S/C33H23NO3/c1-37-27-13-7-6-12-26(27)34-32(35)30-28-22-14-18-8-2-3-9-19(18)15-23(22)29(31(30)33(34)36)25-17-21-11-5-4-10-20(21)16-24(25)28/h2-17,28-31H,1H3/t28?,29?,30-,31+. The molecule has 5 aromatic rings. The number of rotatable bonds is 2.